The summed E-state index contributed by atoms with van der Waals surface area (Å²) < 4.78 is -1.16. The number of hydrogen-bond acceptors (Lipinski definition) is 3. The number of amides is 2. The minimum Gasteiger partial charge on any atom is -0.348 e. The number of carbonyl (C=O) groups excluding carboxylic acids is 2. The van der Waals surface area contributed by atoms with Crippen LogP contribution in [0.4, 0.5) is 5.69 Å². The van der Waals surface area contributed by atoms with Crippen molar-refractivity contribution in [1.29, 1.82) is 0 Å². The highest BCUT2D eigenvalue weighted by atomic mass is 32.2. The minimum absolute atomic E-state index is 0.0276. The number of para-hydroxylation sites is 1. The van der Waals surface area contributed by atoms with Gasteiger partial charge in [-0.25, -0.2) is 0 Å². The highest BCUT2D eigenvalue weighted by Gasteiger charge is 2.48. The Morgan fingerprint density at radius 1 is 1.19 bits per heavy atom. The fourth-order valence-electron chi connectivity index (χ4n) is 3.86. The van der Waals surface area contributed by atoms with Gasteiger partial charge in [0, 0.05) is 11.9 Å². The molecule has 2 aromatic carbocycles. The van der Waals surface area contributed by atoms with E-state index in [1.807, 2.05) is 36.4 Å². The first-order valence-electron chi connectivity index (χ1n) is 8.95. The molecule has 2 atom stereocenters. The molecule has 4 nitrogen and oxygen atoms in total. The number of carbonyl (C=O) groups is 2. The van der Waals surface area contributed by atoms with Crippen LogP contribution in [0.2, 0.25) is 0 Å². The van der Waals surface area contributed by atoms with Gasteiger partial charge in [0.1, 0.15) is 0 Å². The fourth-order valence-corrected chi connectivity index (χ4v) is 5.13. The molecular weight excluding hydrogens is 344 g/mol. The molecule has 0 saturated heterocycles. The molecule has 0 aromatic heterocycles. The minimum atomic E-state index is -1.16. The van der Waals surface area contributed by atoms with E-state index >= 15 is 0 Å². The molecule has 2 unspecified atom stereocenters. The highest BCUT2D eigenvalue weighted by molar-refractivity contribution is 8.02. The van der Waals surface area contributed by atoms with Gasteiger partial charge in [0.2, 0.25) is 5.91 Å². The summed E-state index contributed by atoms with van der Waals surface area (Å²) in [6, 6.07) is 15.9. The van der Waals surface area contributed by atoms with Crippen molar-refractivity contribution in [2.75, 3.05) is 11.9 Å². The maximum Gasteiger partial charge on any atom is 0.252 e. The van der Waals surface area contributed by atoms with Gasteiger partial charge in [0.15, 0.2) is 4.75 Å². The number of thioether (sulfide) groups is 1. The lowest BCUT2D eigenvalue weighted by Gasteiger charge is -2.38. The first-order chi connectivity index (χ1) is 12.5. The molecule has 0 saturated carbocycles. The van der Waals surface area contributed by atoms with Crippen molar-refractivity contribution in [1.82, 2.24) is 5.32 Å². The normalized spacial score (nSPS) is 24.6. The van der Waals surface area contributed by atoms with E-state index in [2.05, 4.69) is 17.4 Å². The van der Waals surface area contributed by atoms with Gasteiger partial charge >= 0.3 is 0 Å². The van der Waals surface area contributed by atoms with Crippen molar-refractivity contribution >= 4 is 29.3 Å². The van der Waals surface area contributed by atoms with E-state index in [-0.39, 0.29) is 17.9 Å². The quantitative estimate of drug-likeness (QED) is 0.825. The third-order valence-electron chi connectivity index (χ3n) is 5.36. The second-order valence-electron chi connectivity index (χ2n) is 7.08. The smallest absolute Gasteiger partial charge is 0.252 e. The van der Waals surface area contributed by atoms with Crippen molar-refractivity contribution in [2.24, 2.45) is 0 Å². The van der Waals surface area contributed by atoms with Gasteiger partial charge in [0.05, 0.1) is 11.7 Å². The maximum absolute atomic E-state index is 13.2. The predicted octanol–water partition coefficient (Wildman–Crippen LogP) is 3.71. The molecule has 26 heavy (non-hydrogen) atoms. The van der Waals surface area contributed by atoms with Crippen LogP contribution in [0.3, 0.4) is 0 Å². The molecule has 0 spiro atoms. The van der Waals surface area contributed by atoms with Gasteiger partial charge in [-0.1, -0.05) is 48.2 Å². The Hall–Kier alpha value is -2.27. The molecule has 0 bridgehead atoms. The third kappa shape index (κ3) is 2.71. The summed E-state index contributed by atoms with van der Waals surface area (Å²) in [6.07, 6.45) is 3.00. The van der Waals surface area contributed by atoms with Crippen molar-refractivity contribution in [3.05, 3.63) is 59.7 Å². The summed E-state index contributed by atoms with van der Waals surface area (Å²) in [5.74, 6) is -0.390. The van der Waals surface area contributed by atoms with Crippen molar-refractivity contribution in [3.63, 3.8) is 0 Å². The van der Waals surface area contributed by atoms with Crippen molar-refractivity contribution in [3.8, 4) is 0 Å². The summed E-state index contributed by atoms with van der Waals surface area (Å²) in [5.41, 5.74) is 3.33. The summed E-state index contributed by atoms with van der Waals surface area (Å²) in [4.78, 5) is 28.7. The molecule has 4 rings (SSSR count). The standard InChI is InChI=1S/C21H22N2O2S/c1-21(20(25)23(2)17-12-5-6-13-18(17)26-21)19(24)22-16-11-7-9-14-8-3-4-10-15(14)16/h3-6,8,10,12-13,16H,7,9,11H2,1-2H3,(H,22,24). The molecule has 0 radical (unpaired) electrons. The molecule has 2 aliphatic rings. The zero-order chi connectivity index (χ0) is 18.3. The van der Waals surface area contributed by atoms with Crippen LogP contribution in [0.25, 0.3) is 0 Å². The lowest BCUT2D eigenvalue weighted by molar-refractivity contribution is -0.131. The van der Waals surface area contributed by atoms with Crippen LogP contribution in [-0.4, -0.2) is 23.6 Å². The van der Waals surface area contributed by atoms with Crippen LogP contribution < -0.4 is 10.2 Å². The number of anilines is 1. The van der Waals surface area contributed by atoms with E-state index in [9.17, 15) is 9.59 Å². The monoisotopic (exact) mass is 366 g/mol. The first-order valence-corrected chi connectivity index (χ1v) is 9.77. The molecule has 1 N–H and O–H groups in total. The van der Waals surface area contributed by atoms with Crippen LogP contribution in [0.5, 0.6) is 0 Å². The number of aryl methyl sites for hydroxylation is 1. The van der Waals surface area contributed by atoms with Gasteiger partial charge in [-0.15, -0.1) is 0 Å². The van der Waals surface area contributed by atoms with Gasteiger partial charge in [0.25, 0.3) is 5.91 Å². The molecule has 0 fully saturated rings. The average molecular weight is 366 g/mol. The summed E-state index contributed by atoms with van der Waals surface area (Å²) in [7, 11) is 1.74. The topological polar surface area (TPSA) is 49.4 Å². The average Bonchev–Trinajstić information content (AvgIpc) is 2.66. The molecule has 1 aliphatic carbocycles. The lowest BCUT2D eigenvalue weighted by Crippen LogP contribution is -2.56. The number of nitrogens with zero attached hydrogens (tertiary/aromatic N) is 1. The van der Waals surface area contributed by atoms with Gasteiger partial charge in [-0.3, -0.25) is 9.59 Å². The maximum atomic E-state index is 13.2. The summed E-state index contributed by atoms with van der Waals surface area (Å²) in [6.45, 7) is 1.73. The molecule has 2 amide bonds. The number of benzene rings is 2. The Balaban J connectivity index is 1.62. The van der Waals surface area contributed by atoms with Crippen LogP contribution in [0.1, 0.15) is 36.9 Å². The van der Waals surface area contributed by atoms with E-state index < -0.39 is 4.75 Å². The summed E-state index contributed by atoms with van der Waals surface area (Å²) in [5, 5.41) is 3.16. The molecular formula is C21H22N2O2S. The SMILES string of the molecule is CN1C(=O)C(C)(C(=O)NC2CCCc3ccccc32)Sc2ccccc21. The number of nitrogens with one attached hydrogen (secondary N) is 1. The van der Waals surface area contributed by atoms with Crippen LogP contribution >= 0.6 is 11.8 Å². The third-order valence-corrected chi connectivity index (χ3v) is 6.69. The van der Waals surface area contributed by atoms with Gasteiger partial charge in [-0.2, -0.15) is 0 Å². The number of hydrogen-bond donors (Lipinski definition) is 1. The molecule has 1 heterocycles. The van der Waals surface area contributed by atoms with Crippen LogP contribution in [-0.2, 0) is 16.0 Å². The van der Waals surface area contributed by atoms with Crippen LogP contribution in [0.15, 0.2) is 53.4 Å². The number of rotatable bonds is 2. The van der Waals surface area contributed by atoms with Crippen molar-refractivity contribution in [2.45, 2.75) is 41.9 Å². The second-order valence-corrected chi connectivity index (χ2v) is 8.54. The van der Waals surface area contributed by atoms with E-state index in [0.717, 1.165) is 29.8 Å². The zero-order valence-corrected chi connectivity index (χ0v) is 15.8. The van der Waals surface area contributed by atoms with Gasteiger partial charge < -0.3 is 10.2 Å². The first kappa shape index (κ1) is 17.2. The fraction of sp³-hybridized carbons (Fsp3) is 0.333. The molecule has 5 heteroatoms. The second kappa shape index (κ2) is 6.47. The van der Waals surface area contributed by atoms with E-state index in [1.54, 1.807) is 18.9 Å². The van der Waals surface area contributed by atoms with Gasteiger partial charge in [-0.05, 0) is 49.4 Å². The van der Waals surface area contributed by atoms with E-state index in [4.69, 9.17) is 0 Å². The Morgan fingerprint density at radius 3 is 2.77 bits per heavy atom. The predicted molar refractivity (Wildman–Crippen MR) is 104 cm³/mol. The molecule has 2 aromatic rings. The lowest BCUT2D eigenvalue weighted by atomic mass is 9.87. The Kier molecular flexibility index (Phi) is 4.27. The Morgan fingerprint density at radius 2 is 1.92 bits per heavy atom. The number of fused-ring (bicyclic) bond motifs is 2. The summed E-state index contributed by atoms with van der Waals surface area (Å²) >= 11 is 1.35. The van der Waals surface area contributed by atoms with Crippen molar-refractivity contribution < 1.29 is 9.59 Å². The van der Waals surface area contributed by atoms with E-state index in [1.165, 1.54) is 22.9 Å². The van der Waals surface area contributed by atoms with E-state index in [0.29, 0.717) is 0 Å². The molecule has 1 aliphatic heterocycles. The largest absolute Gasteiger partial charge is 0.348 e. The van der Waals surface area contributed by atoms with Crippen LogP contribution in [0, 0.1) is 0 Å². The highest BCUT2D eigenvalue weighted by Crippen LogP contribution is 2.45. The molecule has 134 valence electrons. The Bertz CT molecular complexity index is 882. The zero-order valence-electron chi connectivity index (χ0n) is 15.0. The Labute approximate surface area is 158 Å².